The fraction of sp³-hybridized carbons (Fsp3) is 0.583. The molecule has 4 fully saturated rings. The van der Waals surface area contributed by atoms with Crippen molar-refractivity contribution in [1.82, 2.24) is 10.6 Å². The first-order chi connectivity index (χ1) is 15.2. The number of rotatable bonds is 8. The lowest BCUT2D eigenvalue weighted by Crippen LogP contribution is -2.56. The largest absolute Gasteiger partial charge is 0.389 e. The van der Waals surface area contributed by atoms with E-state index in [-0.39, 0.29) is 27.8 Å². The van der Waals surface area contributed by atoms with Gasteiger partial charge < -0.3 is 10.6 Å². The maximum atomic E-state index is 12.8. The van der Waals surface area contributed by atoms with E-state index < -0.39 is 10.0 Å². The summed E-state index contributed by atoms with van der Waals surface area (Å²) in [5.41, 5.74) is 1.20. The predicted octanol–water partition coefficient (Wildman–Crippen LogP) is 2.59. The summed E-state index contributed by atoms with van der Waals surface area (Å²) >= 11 is 0. The van der Waals surface area contributed by atoms with Crippen molar-refractivity contribution in [3.63, 3.8) is 0 Å². The molecule has 4 aliphatic carbocycles. The summed E-state index contributed by atoms with van der Waals surface area (Å²) in [4.78, 5) is 12.8. The van der Waals surface area contributed by atoms with Crippen LogP contribution in [-0.4, -0.2) is 26.9 Å². The van der Waals surface area contributed by atoms with Gasteiger partial charge >= 0.3 is 0 Å². The van der Waals surface area contributed by atoms with Crippen molar-refractivity contribution in [3.8, 4) is 6.07 Å². The number of hydrogen-bond acceptors (Lipinski definition) is 5. The van der Waals surface area contributed by atoms with Crippen molar-refractivity contribution in [2.24, 2.45) is 28.3 Å². The third-order valence-corrected chi connectivity index (χ3v) is 8.70. The minimum atomic E-state index is -3.70. The van der Waals surface area contributed by atoms with Gasteiger partial charge in [-0.25, -0.2) is 13.6 Å². The van der Waals surface area contributed by atoms with Crippen molar-refractivity contribution < 1.29 is 13.2 Å². The maximum absolute atomic E-state index is 12.8. The molecule has 4 bridgehead atoms. The Labute approximate surface area is 190 Å². The molecule has 1 unspecified atom stereocenters. The first-order valence-corrected chi connectivity index (χ1v) is 13.0. The molecular formula is C24H32N4O3S. The number of nitrogens with two attached hydrogens (primary N) is 1. The Morgan fingerprint density at radius 1 is 1.19 bits per heavy atom. The number of carbonyl (C=O) groups is 1. The summed E-state index contributed by atoms with van der Waals surface area (Å²) < 4.78 is 22.6. The summed E-state index contributed by atoms with van der Waals surface area (Å²) in [5, 5.41) is 20.7. The van der Waals surface area contributed by atoms with E-state index in [0.29, 0.717) is 13.0 Å². The van der Waals surface area contributed by atoms with Crippen molar-refractivity contribution in [1.29, 1.82) is 5.26 Å². The monoisotopic (exact) mass is 456 g/mol. The minimum absolute atomic E-state index is 0.0671. The lowest BCUT2D eigenvalue weighted by Gasteiger charge is -2.59. The van der Waals surface area contributed by atoms with Gasteiger partial charge in [-0.1, -0.05) is 12.1 Å². The summed E-state index contributed by atoms with van der Waals surface area (Å²) in [6.45, 7) is 2.62. The van der Waals surface area contributed by atoms with Crippen LogP contribution < -0.4 is 15.8 Å². The predicted molar refractivity (Wildman–Crippen MR) is 121 cm³/mol. The highest BCUT2D eigenvalue weighted by Gasteiger charge is 2.53. The van der Waals surface area contributed by atoms with Crippen LogP contribution in [0.5, 0.6) is 0 Å². The Balaban J connectivity index is 1.29. The molecule has 0 saturated heterocycles. The molecule has 1 amide bonds. The minimum Gasteiger partial charge on any atom is -0.389 e. The molecule has 1 aromatic rings. The number of carbonyl (C=O) groups excluding carboxylic acids is 1. The van der Waals surface area contributed by atoms with Crippen LogP contribution in [0.1, 0.15) is 51.0 Å². The summed E-state index contributed by atoms with van der Waals surface area (Å²) in [6.07, 6.45) is 9.78. The molecule has 172 valence electrons. The number of nitrogens with zero attached hydrogens (tertiary/aromatic N) is 1. The molecule has 5 rings (SSSR count). The molecule has 1 atom stereocenters. The second kappa shape index (κ2) is 8.87. The molecule has 4 N–H and O–H groups in total. The third kappa shape index (κ3) is 4.84. The van der Waals surface area contributed by atoms with Crippen LogP contribution in [0.25, 0.3) is 0 Å². The Bertz CT molecular complexity index is 1000. The maximum Gasteiger partial charge on any atom is 0.263 e. The number of primary sulfonamides is 1. The van der Waals surface area contributed by atoms with Crippen molar-refractivity contribution in [2.45, 2.75) is 62.8 Å². The lowest BCUT2D eigenvalue weighted by atomic mass is 9.48. The average Bonchev–Trinajstić information content (AvgIpc) is 2.72. The van der Waals surface area contributed by atoms with Gasteiger partial charge in [0.1, 0.15) is 11.6 Å². The Hall–Kier alpha value is -2.37. The van der Waals surface area contributed by atoms with E-state index in [1.165, 1.54) is 56.9 Å². The molecule has 0 spiro atoms. The third-order valence-electron chi connectivity index (χ3n) is 7.77. The normalized spacial score (nSPS) is 29.9. The molecule has 4 saturated carbocycles. The van der Waals surface area contributed by atoms with Gasteiger partial charge in [0.2, 0.25) is 10.0 Å². The molecular weight excluding hydrogens is 424 g/mol. The topological polar surface area (TPSA) is 125 Å². The number of nitriles is 1. The van der Waals surface area contributed by atoms with Gasteiger partial charge in [0, 0.05) is 18.8 Å². The molecule has 0 aromatic heterocycles. The van der Waals surface area contributed by atoms with Gasteiger partial charge in [-0.15, -0.1) is 0 Å². The molecule has 1 aromatic carbocycles. The van der Waals surface area contributed by atoms with Crippen LogP contribution in [0.15, 0.2) is 40.9 Å². The highest BCUT2D eigenvalue weighted by molar-refractivity contribution is 7.89. The fourth-order valence-corrected chi connectivity index (χ4v) is 7.04. The Kier molecular flexibility index (Phi) is 6.33. The number of amides is 1. The van der Waals surface area contributed by atoms with E-state index in [2.05, 4.69) is 17.6 Å². The molecule has 7 nitrogen and oxygen atoms in total. The van der Waals surface area contributed by atoms with Gasteiger partial charge in [0.25, 0.3) is 5.91 Å². The second-order valence-electron chi connectivity index (χ2n) is 10.0. The van der Waals surface area contributed by atoms with Crippen LogP contribution in [0.2, 0.25) is 0 Å². The molecule has 0 heterocycles. The quantitative estimate of drug-likeness (QED) is 0.315. The number of benzene rings is 1. The molecule has 8 heteroatoms. The number of nitrogens with one attached hydrogen (secondary N) is 2. The van der Waals surface area contributed by atoms with E-state index >= 15 is 0 Å². The van der Waals surface area contributed by atoms with Crippen molar-refractivity contribution in [2.75, 3.05) is 6.54 Å². The van der Waals surface area contributed by atoms with Crippen LogP contribution in [0.3, 0.4) is 0 Å². The number of hydrogen-bond donors (Lipinski definition) is 3. The highest BCUT2D eigenvalue weighted by Crippen LogP contribution is 2.61. The zero-order chi connectivity index (χ0) is 22.9. The van der Waals surface area contributed by atoms with Crippen molar-refractivity contribution >= 4 is 15.9 Å². The standard InChI is InChI=1S/C24H32N4O3S/c1-16(24-11-18-8-19(12-24)10-20(9-18)13-24)28-23(29)21(14-25)15-27-7-6-17-2-4-22(5-3-17)32(26,30)31/h2-5,15-16,18-20,27H,6-13H2,1H3,(H,28,29)(H2,26,30,31)/b21-15-. The Morgan fingerprint density at radius 3 is 2.25 bits per heavy atom. The van der Waals surface area contributed by atoms with Gasteiger partial charge in [0.05, 0.1) is 4.90 Å². The SMILES string of the molecule is CC(NC(=O)/C(C#N)=C\NCCc1ccc(S(N)(=O)=O)cc1)C12CC3CC(CC(C3)C1)C2. The first-order valence-electron chi connectivity index (χ1n) is 11.4. The van der Waals surface area contributed by atoms with Crippen LogP contribution in [-0.2, 0) is 21.2 Å². The van der Waals surface area contributed by atoms with E-state index in [4.69, 9.17) is 5.14 Å². The van der Waals surface area contributed by atoms with Crippen LogP contribution in [0.4, 0.5) is 0 Å². The highest BCUT2D eigenvalue weighted by atomic mass is 32.2. The Morgan fingerprint density at radius 2 is 1.75 bits per heavy atom. The zero-order valence-electron chi connectivity index (χ0n) is 18.5. The summed E-state index contributed by atoms with van der Waals surface area (Å²) in [6, 6.07) is 8.43. The smallest absolute Gasteiger partial charge is 0.263 e. The van der Waals surface area contributed by atoms with E-state index in [9.17, 15) is 18.5 Å². The number of sulfonamides is 1. The van der Waals surface area contributed by atoms with E-state index in [0.717, 1.165) is 23.3 Å². The van der Waals surface area contributed by atoms with Gasteiger partial charge in [-0.3, -0.25) is 4.79 Å². The zero-order valence-corrected chi connectivity index (χ0v) is 19.3. The average molecular weight is 457 g/mol. The summed E-state index contributed by atoms with van der Waals surface area (Å²) in [7, 11) is -3.70. The van der Waals surface area contributed by atoms with Gasteiger partial charge in [-0.05, 0) is 92.7 Å². The van der Waals surface area contributed by atoms with Gasteiger partial charge in [0.15, 0.2) is 0 Å². The van der Waals surface area contributed by atoms with E-state index in [1.807, 2.05) is 6.07 Å². The first kappa shape index (κ1) is 22.8. The van der Waals surface area contributed by atoms with E-state index in [1.54, 1.807) is 12.1 Å². The fourth-order valence-electron chi connectivity index (χ4n) is 6.52. The molecule has 32 heavy (non-hydrogen) atoms. The lowest BCUT2D eigenvalue weighted by molar-refractivity contribution is -0.122. The summed E-state index contributed by atoms with van der Waals surface area (Å²) in [5.74, 6) is 2.12. The van der Waals surface area contributed by atoms with Crippen LogP contribution in [0, 0.1) is 34.5 Å². The molecule has 4 aliphatic rings. The van der Waals surface area contributed by atoms with Gasteiger partial charge in [-0.2, -0.15) is 5.26 Å². The second-order valence-corrected chi connectivity index (χ2v) is 11.6. The molecule has 0 radical (unpaired) electrons. The molecule has 0 aliphatic heterocycles. The van der Waals surface area contributed by atoms with Crippen LogP contribution >= 0.6 is 0 Å². The van der Waals surface area contributed by atoms with Crippen molar-refractivity contribution in [3.05, 3.63) is 41.6 Å².